The van der Waals surface area contributed by atoms with Gasteiger partial charge in [0.25, 0.3) is 0 Å². The van der Waals surface area contributed by atoms with Crippen LogP contribution in [0.2, 0.25) is 0 Å². The molecule has 1 saturated carbocycles. The minimum Gasteiger partial charge on any atom is -0.383 e. The molecule has 0 saturated heterocycles. The largest absolute Gasteiger partial charge is 0.383 e. The summed E-state index contributed by atoms with van der Waals surface area (Å²) in [5, 5.41) is 5.23. The van der Waals surface area contributed by atoms with E-state index in [9.17, 15) is 0 Å². The highest BCUT2D eigenvalue weighted by Crippen LogP contribution is 2.29. The van der Waals surface area contributed by atoms with E-state index in [1.807, 2.05) is 0 Å². The van der Waals surface area contributed by atoms with Gasteiger partial charge in [-0.25, -0.2) is 9.97 Å². The number of hydrogen-bond donors (Lipinski definition) is 2. The smallest absolute Gasteiger partial charge is 0.191 e. The molecular weight excluding hydrogens is 272 g/mol. The molecule has 3 rings (SSSR count). The van der Waals surface area contributed by atoms with Crippen molar-refractivity contribution >= 4 is 23.4 Å². The van der Waals surface area contributed by atoms with E-state index in [0.29, 0.717) is 22.8 Å². The summed E-state index contributed by atoms with van der Waals surface area (Å²) in [4.78, 5) is 8.30. The van der Waals surface area contributed by atoms with E-state index in [1.54, 1.807) is 6.07 Å². The van der Waals surface area contributed by atoms with Gasteiger partial charge < -0.3 is 11.5 Å². The molecule has 1 fully saturated rings. The third-order valence-corrected chi connectivity index (χ3v) is 4.34. The van der Waals surface area contributed by atoms with Crippen molar-refractivity contribution in [1.29, 1.82) is 0 Å². The summed E-state index contributed by atoms with van der Waals surface area (Å²) in [6.07, 6.45) is 7.17. The highest BCUT2D eigenvalue weighted by atomic mass is 32.2. The first-order valence-electron chi connectivity index (χ1n) is 6.77. The monoisotopic (exact) mass is 290 g/mol. The lowest BCUT2D eigenvalue weighted by Gasteiger charge is -2.08. The van der Waals surface area contributed by atoms with Gasteiger partial charge >= 0.3 is 0 Å². The Morgan fingerprint density at radius 1 is 1.20 bits per heavy atom. The summed E-state index contributed by atoms with van der Waals surface area (Å²) in [6, 6.07) is 4.19. The van der Waals surface area contributed by atoms with Crippen molar-refractivity contribution in [2.75, 3.05) is 11.5 Å². The van der Waals surface area contributed by atoms with E-state index in [4.69, 9.17) is 11.5 Å². The van der Waals surface area contributed by atoms with Gasteiger partial charge in [-0.05, 0) is 18.9 Å². The first kappa shape index (κ1) is 13.2. The predicted molar refractivity (Wildman–Crippen MR) is 80.1 cm³/mol. The van der Waals surface area contributed by atoms with Crippen LogP contribution < -0.4 is 11.5 Å². The third kappa shape index (κ3) is 3.04. The van der Waals surface area contributed by atoms with Crippen molar-refractivity contribution in [3.05, 3.63) is 24.0 Å². The molecule has 0 amide bonds. The topological polar surface area (TPSA) is 95.6 Å². The van der Waals surface area contributed by atoms with Crippen molar-refractivity contribution in [2.45, 2.75) is 42.6 Å². The average Bonchev–Trinajstić information content (AvgIpc) is 3.06. The Hall–Kier alpha value is -1.76. The first-order chi connectivity index (χ1) is 9.70. The summed E-state index contributed by atoms with van der Waals surface area (Å²) in [6.45, 7) is 0. The van der Waals surface area contributed by atoms with Gasteiger partial charge in [0.05, 0.1) is 11.7 Å². The Kier molecular flexibility index (Phi) is 3.77. The second kappa shape index (κ2) is 5.70. The van der Waals surface area contributed by atoms with Crippen molar-refractivity contribution in [2.24, 2.45) is 0 Å². The zero-order chi connectivity index (χ0) is 13.9. The lowest BCUT2D eigenvalue weighted by atomic mass is 10.3. The fourth-order valence-electron chi connectivity index (χ4n) is 2.49. The molecule has 0 atom stereocenters. The average molecular weight is 290 g/mol. The molecule has 0 spiro atoms. The Morgan fingerprint density at radius 2 is 1.90 bits per heavy atom. The number of aromatic nitrogens is 4. The maximum atomic E-state index is 5.65. The molecule has 1 aliphatic rings. The van der Waals surface area contributed by atoms with Gasteiger partial charge in [0.15, 0.2) is 5.16 Å². The quantitative estimate of drug-likeness (QED) is 0.662. The second-order valence-corrected chi connectivity index (χ2v) is 5.96. The number of nitrogens with two attached hydrogens (primary N) is 2. The minimum absolute atomic E-state index is 0.400. The minimum atomic E-state index is 0.400. The molecule has 106 valence electrons. The number of anilines is 2. The van der Waals surface area contributed by atoms with Gasteiger partial charge in [-0.15, -0.1) is 0 Å². The number of nitrogen functional groups attached to an aromatic ring is 2. The van der Waals surface area contributed by atoms with Crippen LogP contribution in [0.4, 0.5) is 11.6 Å². The molecule has 7 heteroatoms. The van der Waals surface area contributed by atoms with E-state index in [1.165, 1.54) is 37.4 Å². The fraction of sp³-hybridized carbons (Fsp3) is 0.462. The molecule has 0 radical (unpaired) electrons. The summed E-state index contributed by atoms with van der Waals surface area (Å²) in [5.41, 5.74) is 12.3. The Bertz CT molecular complexity index is 570. The van der Waals surface area contributed by atoms with Crippen LogP contribution in [0.1, 0.15) is 37.4 Å². The van der Waals surface area contributed by atoms with Crippen LogP contribution in [-0.4, -0.2) is 19.7 Å². The van der Waals surface area contributed by atoms with Crippen molar-refractivity contribution in [3.8, 4) is 0 Å². The SMILES string of the molecule is Nc1cc(N)nc(SCc2ccn(C3CCCC3)n2)n1. The number of nitrogens with zero attached hydrogens (tertiary/aromatic N) is 4. The molecule has 2 aromatic heterocycles. The number of hydrogen-bond acceptors (Lipinski definition) is 6. The van der Waals surface area contributed by atoms with Gasteiger partial charge in [-0.2, -0.15) is 5.10 Å². The maximum absolute atomic E-state index is 5.65. The van der Waals surface area contributed by atoms with E-state index < -0.39 is 0 Å². The maximum Gasteiger partial charge on any atom is 0.191 e. The normalized spacial score (nSPS) is 15.8. The van der Waals surface area contributed by atoms with Crippen LogP contribution in [0.25, 0.3) is 0 Å². The van der Waals surface area contributed by atoms with Crippen LogP contribution >= 0.6 is 11.8 Å². The lowest BCUT2D eigenvalue weighted by Crippen LogP contribution is -2.05. The fourth-order valence-corrected chi connectivity index (χ4v) is 3.26. The molecule has 6 nitrogen and oxygen atoms in total. The van der Waals surface area contributed by atoms with Crippen molar-refractivity contribution < 1.29 is 0 Å². The van der Waals surface area contributed by atoms with Crippen LogP contribution in [0.15, 0.2) is 23.5 Å². The Balaban J connectivity index is 1.63. The van der Waals surface area contributed by atoms with Crippen LogP contribution in [-0.2, 0) is 5.75 Å². The van der Waals surface area contributed by atoms with Gasteiger partial charge in [-0.1, -0.05) is 24.6 Å². The highest BCUT2D eigenvalue weighted by molar-refractivity contribution is 7.98. The van der Waals surface area contributed by atoms with Crippen LogP contribution in [0.5, 0.6) is 0 Å². The molecule has 0 aromatic carbocycles. The highest BCUT2D eigenvalue weighted by Gasteiger charge is 2.17. The molecule has 2 aromatic rings. The van der Waals surface area contributed by atoms with Gasteiger partial charge in [-0.3, -0.25) is 4.68 Å². The Morgan fingerprint density at radius 3 is 2.60 bits per heavy atom. The molecule has 4 N–H and O–H groups in total. The van der Waals surface area contributed by atoms with Gasteiger partial charge in [0.2, 0.25) is 0 Å². The third-order valence-electron chi connectivity index (χ3n) is 3.46. The van der Waals surface area contributed by atoms with Gasteiger partial charge in [0, 0.05) is 18.0 Å². The molecule has 1 aliphatic carbocycles. The van der Waals surface area contributed by atoms with Gasteiger partial charge in [0.1, 0.15) is 11.6 Å². The van der Waals surface area contributed by atoms with Crippen molar-refractivity contribution in [1.82, 2.24) is 19.7 Å². The first-order valence-corrected chi connectivity index (χ1v) is 7.76. The van der Waals surface area contributed by atoms with Crippen molar-refractivity contribution in [3.63, 3.8) is 0 Å². The summed E-state index contributed by atoms with van der Waals surface area (Å²) < 4.78 is 2.09. The van der Waals surface area contributed by atoms with E-state index in [-0.39, 0.29) is 0 Å². The summed E-state index contributed by atoms with van der Waals surface area (Å²) >= 11 is 1.50. The number of rotatable bonds is 4. The molecule has 0 bridgehead atoms. The summed E-state index contributed by atoms with van der Waals surface area (Å²) in [7, 11) is 0. The zero-order valence-electron chi connectivity index (χ0n) is 11.2. The Labute approximate surface area is 122 Å². The van der Waals surface area contributed by atoms with E-state index in [0.717, 1.165) is 11.4 Å². The number of thioether (sulfide) groups is 1. The van der Waals surface area contributed by atoms with Crippen LogP contribution in [0, 0.1) is 0 Å². The van der Waals surface area contributed by atoms with Crippen LogP contribution in [0.3, 0.4) is 0 Å². The zero-order valence-corrected chi connectivity index (χ0v) is 12.0. The molecule has 20 heavy (non-hydrogen) atoms. The molecule has 2 heterocycles. The standard InChI is InChI=1S/C13H18N6S/c14-11-7-12(15)17-13(16-11)20-8-9-5-6-19(18-9)10-3-1-2-4-10/h5-7,10H,1-4,8H2,(H4,14,15,16,17). The molecular formula is C13H18N6S. The van der Waals surface area contributed by atoms with E-state index >= 15 is 0 Å². The predicted octanol–water partition coefficient (Wildman–Crippen LogP) is 2.24. The molecule has 0 aliphatic heterocycles. The lowest BCUT2D eigenvalue weighted by molar-refractivity contribution is 0.464. The second-order valence-electron chi connectivity index (χ2n) is 5.01. The van der Waals surface area contributed by atoms with E-state index in [2.05, 4.69) is 32.0 Å². The summed E-state index contributed by atoms with van der Waals surface area (Å²) in [5.74, 6) is 1.52. The molecule has 0 unspecified atom stereocenters.